The van der Waals surface area contributed by atoms with Gasteiger partial charge in [0.05, 0.1) is 0 Å². The van der Waals surface area contributed by atoms with Crippen molar-refractivity contribution in [2.75, 3.05) is 24.0 Å². The van der Waals surface area contributed by atoms with E-state index in [4.69, 9.17) is 0 Å². The van der Waals surface area contributed by atoms with E-state index in [0.717, 1.165) is 11.5 Å². The maximum Gasteiger partial charge on any atom is 0.242 e. The largest absolute Gasteiger partial charge is 0.242 e. The van der Waals surface area contributed by atoms with Crippen LogP contribution in [-0.2, 0) is 0 Å². The molecule has 0 heterocycles. The molecular formula is C50H44B2S2. The van der Waals surface area contributed by atoms with Gasteiger partial charge in [-0.15, -0.1) is 0 Å². The average molecular weight is 731 g/mol. The van der Waals surface area contributed by atoms with Crippen molar-refractivity contribution in [1.29, 1.82) is 0 Å². The van der Waals surface area contributed by atoms with Gasteiger partial charge in [0, 0.05) is 11.5 Å². The Bertz CT molecular complexity index is 2010. The van der Waals surface area contributed by atoms with Crippen molar-refractivity contribution in [1.82, 2.24) is 0 Å². The molecule has 0 unspecified atom stereocenters. The van der Waals surface area contributed by atoms with E-state index in [1.165, 1.54) is 66.2 Å². The van der Waals surface area contributed by atoms with Crippen LogP contribution in [0.1, 0.15) is 22.3 Å². The topological polar surface area (TPSA) is 0 Å². The molecule has 0 N–H and O–H groups in total. The average Bonchev–Trinajstić information content (AvgIpc) is 3.25. The summed E-state index contributed by atoms with van der Waals surface area (Å²) in [6, 6.07) is 75.5. The Morgan fingerprint density at radius 2 is 0.556 bits per heavy atom. The summed E-state index contributed by atoms with van der Waals surface area (Å²) in [5, 5.41) is 0. The predicted octanol–water partition coefficient (Wildman–Crippen LogP) is 9.93. The molecule has 7 aromatic rings. The molecule has 0 saturated carbocycles. The van der Waals surface area contributed by atoms with Crippen molar-refractivity contribution in [2.24, 2.45) is 0 Å². The van der Waals surface area contributed by atoms with E-state index in [-0.39, 0.29) is 13.4 Å². The van der Waals surface area contributed by atoms with Gasteiger partial charge in [-0.25, -0.2) is 0 Å². The Kier molecular flexibility index (Phi) is 12.9. The van der Waals surface area contributed by atoms with Crippen LogP contribution in [0.2, 0.25) is 0 Å². The summed E-state index contributed by atoms with van der Waals surface area (Å²) in [5.41, 5.74) is 15.6. The second kappa shape index (κ2) is 18.7. The van der Waals surface area contributed by atoms with Crippen LogP contribution in [0.15, 0.2) is 206 Å². The Morgan fingerprint density at radius 3 is 0.796 bits per heavy atom. The van der Waals surface area contributed by atoms with Crippen LogP contribution < -0.4 is 21.9 Å². The molecule has 54 heavy (non-hydrogen) atoms. The second-order valence-corrected chi connectivity index (χ2v) is 15.2. The maximum atomic E-state index is 2.37. The zero-order valence-corrected chi connectivity index (χ0v) is 32.6. The summed E-state index contributed by atoms with van der Waals surface area (Å²) >= 11 is 3.77. The van der Waals surface area contributed by atoms with E-state index in [0.29, 0.717) is 0 Å². The minimum atomic E-state index is 0.0748. The first-order chi connectivity index (χ1) is 26.8. The second-order valence-electron chi connectivity index (χ2n) is 13.5. The van der Waals surface area contributed by atoms with Crippen molar-refractivity contribution in [3.8, 4) is 0 Å². The van der Waals surface area contributed by atoms with Gasteiger partial charge >= 0.3 is 0 Å². The minimum Gasteiger partial charge on any atom is -0.161 e. The molecule has 0 nitrogen and oxygen atoms in total. The van der Waals surface area contributed by atoms with Crippen molar-refractivity contribution < 1.29 is 0 Å². The third-order valence-electron chi connectivity index (χ3n) is 10.1. The van der Waals surface area contributed by atoms with Gasteiger partial charge in [0.1, 0.15) is 0 Å². The fraction of sp³-hybridized carbons (Fsp3) is 0.0800. The zero-order chi connectivity index (χ0) is 37.0. The van der Waals surface area contributed by atoms with Gasteiger partial charge in [-0.05, 0) is 45.9 Å². The lowest BCUT2D eigenvalue weighted by Gasteiger charge is -2.25. The van der Waals surface area contributed by atoms with Crippen molar-refractivity contribution >= 4 is 80.9 Å². The third kappa shape index (κ3) is 8.63. The van der Waals surface area contributed by atoms with Crippen molar-refractivity contribution in [2.45, 2.75) is 0 Å². The SMILES string of the molecule is CSC/C(=C(\B(c1ccccc1)c1ccccc1)c1ccccc1)c1ccc(/C(CSC)=C(/B(c2ccccc2)c2ccccc2)c2ccccc2)cc1. The van der Waals surface area contributed by atoms with Gasteiger partial charge in [0.2, 0.25) is 13.4 Å². The molecule has 0 aliphatic rings. The minimum absolute atomic E-state index is 0.0748. The fourth-order valence-corrected chi connectivity index (χ4v) is 8.92. The molecule has 0 atom stereocenters. The smallest absolute Gasteiger partial charge is 0.161 e. The molecule has 4 heteroatoms. The van der Waals surface area contributed by atoms with E-state index in [2.05, 4.69) is 219 Å². The molecule has 0 aromatic heterocycles. The molecule has 0 bridgehead atoms. The molecule has 7 rings (SSSR count). The Morgan fingerprint density at radius 1 is 0.315 bits per heavy atom. The highest BCUT2D eigenvalue weighted by Gasteiger charge is 2.30. The van der Waals surface area contributed by atoms with Crippen molar-refractivity contribution in [3.63, 3.8) is 0 Å². The zero-order valence-electron chi connectivity index (χ0n) is 31.0. The first-order valence-corrected chi connectivity index (χ1v) is 21.4. The number of thioether (sulfide) groups is 2. The van der Waals surface area contributed by atoms with Gasteiger partial charge in [0.15, 0.2) is 0 Å². The van der Waals surface area contributed by atoms with Crippen LogP contribution in [0.3, 0.4) is 0 Å². The Balaban J connectivity index is 1.45. The molecule has 262 valence electrons. The molecule has 0 saturated heterocycles. The number of hydrogen-bond acceptors (Lipinski definition) is 2. The Labute approximate surface area is 331 Å². The van der Waals surface area contributed by atoms with Crippen LogP contribution in [0, 0.1) is 0 Å². The van der Waals surface area contributed by atoms with Crippen LogP contribution in [0.25, 0.3) is 22.1 Å². The van der Waals surface area contributed by atoms with Crippen molar-refractivity contribution in [3.05, 3.63) is 229 Å². The first-order valence-electron chi connectivity index (χ1n) is 18.6. The summed E-state index contributed by atoms with van der Waals surface area (Å²) in [6.07, 6.45) is 4.44. The number of rotatable bonds is 14. The monoisotopic (exact) mass is 730 g/mol. The lowest BCUT2D eigenvalue weighted by atomic mass is 9.34. The standard InChI is InChI=1S/C50H44B2S2/c1-53-37-47(49(41-21-9-3-10-22-41)51(43-25-13-5-14-26-43)44-27-15-6-16-28-44)39-33-35-40(36-34-39)48(38-54-2)50(42-23-11-4-12-24-42)52(45-29-17-7-18-30-45)46-31-19-8-20-32-46/h3-36H,37-38H2,1-2H3/b49-47+,50-48+. The number of hydrogen-bond donors (Lipinski definition) is 0. The summed E-state index contributed by atoms with van der Waals surface area (Å²) in [5.74, 6) is 1.79. The first kappa shape index (κ1) is 37.2. The molecule has 0 spiro atoms. The molecule has 0 amide bonds. The normalized spacial score (nSPS) is 12.0. The lowest BCUT2D eigenvalue weighted by molar-refractivity contribution is 1.52. The molecule has 7 aromatic carbocycles. The predicted molar refractivity (Wildman–Crippen MR) is 246 cm³/mol. The van der Waals surface area contributed by atoms with Gasteiger partial charge in [-0.2, -0.15) is 23.5 Å². The van der Waals surface area contributed by atoms with E-state index >= 15 is 0 Å². The third-order valence-corrected chi connectivity index (χ3v) is 11.2. The summed E-state index contributed by atoms with van der Waals surface area (Å²) in [6.45, 7) is 0.150. The van der Waals surface area contributed by atoms with Crippen LogP contribution in [0.5, 0.6) is 0 Å². The summed E-state index contributed by atoms with van der Waals surface area (Å²) < 4.78 is 0. The molecule has 0 aliphatic heterocycles. The number of benzene rings is 7. The van der Waals surface area contributed by atoms with Gasteiger partial charge in [-0.1, -0.05) is 239 Å². The van der Waals surface area contributed by atoms with Gasteiger partial charge in [-0.3, -0.25) is 0 Å². The Hall–Kier alpha value is -5.15. The van der Waals surface area contributed by atoms with E-state index in [9.17, 15) is 0 Å². The molecule has 0 radical (unpaired) electrons. The van der Waals surface area contributed by atoms with Crippen LogP contribution in [-0.4, -0.2) is 37.4 Å². The van der Waals surface area contributed by atoms with Gasteiger partial charge < -0.3 is 0 Å². The molecule has 0 fully saturated rings. The van der Waals surface area contributed by atoms with Crippen LogP contribution >= 0.6 is 23.5 Å². The fourth-order valence-electron chi connectivity index (χ4n) is 7.69. The highest BCUT2D eigenvalue weighted by Crippen LogP contribution is 2.35. The maximum absolute atomic E-state index is 2.37. The van der Waals surface area contributed by atoms with Gasteiger partial charge in [0.25, 0.3) is 0 Å². The quantitative estimate of drug-likeness (QED) is 0.0808. The van der Waals surface area contributed by atoms with E-state index in [1.807, 2.05) is 23.5 Å². The lowest BCUT2D eigenvalue weighted by Crippen LogP contribution is -2.44. The molecule has 0 aliphatic carbocycles. The highest BCUT2D eigenvalue weighted by molar-refractivity contribution is 7.99. The summed E-state index contributed by atoms with van der Waals surface area (Å²) in [7, 11) is 0. The van der Waals surface area contributed by atoms with Crippen LogP contribution in [0.4, 0.5) is 0 Å². The highest BCUT2D eigenvalue weighted by atomic mass is 32.2. The van der Waals surface area contributed by atoms with E-state index in [1.54, 1.807) is 0 Å². The molecular weight excluding hydrogens is 686 g/mol. The summed E-state index contributed by atoms with van der Waals surface area (Å²) in [4.78, 5) is 0. The van der Waals surface area contributed by atoms with E-state index < -0.39 is 0 Å².